The Morgan fingerprint density at radius 2 is 2.15 bits per heavy atom. The number of aryl methyl sites for hydroxylation is 2. The largest absolute Gasteiger partial charge is 0.388 e. The van der Waals surface area contributed by atoms with Crippen molar-refractivity contribution in [2.75, 3.05) is 0 Å². The molecule has 0 amide bonds. The fourth-order valence-electron chi connectivity index (χ4n) is 1.43. The SMILES string of the molecule is Cc1cc(C)c2[nH]c(CO)nc2n1. The van der Waals surface area contributed by atoms with Gasteiger partial charge in [0.05, 0.1) is 5.52 Å². The van der Waals surface area contributed by atoms with Gasteiger partial charge >= 0.3 is 0 Å². The van der Waals surface area contributed by atoms with E-state index >= 15 is 0 Å². The molecule has 0 fully saturated rings. The van der Waals surface area contributed by atoms with Crippen molar-refractivity contribution in [1.29, 1.82) is 0 Å². The molecule has 2 N–H and O–H groups in total. The highest BCUT2D eigenvalue weighted by molar-refractivity contribution is 5.74. The number of hydrogen-bond acceptors (Lipinski definition) is 3. The maximum Gasteiger partial charge on any atom is 0.178 e. The number of fused-ring (bicyclic) bond motifs is 1. The highest BCUT2D eigenvalue weighted by atomic mass is 16.3. The number of pyridine rings is 1. The van der Waals surface area contributed by atoms with Gasteiger partial charge in [0.25, 0.3) is 0 Å². The average Bonchev–Trinajstić information content (AvgIpc) is 2.47. The van der Waals surface area contributed by atoms with Crippen molar-refractivity contribution in [3.63, 3.8) is 0 Å². The van der Waals surface area contributed by atoms with Crippen molar-refractivity contribution in [3.8, 4) is 0 Å². The summed E-state index contributed by atoms with van der Waals surface area (Å²) >= 11 is 0. The highest BCUT2D eigenvalue weighted by Gasteiger charge is 2.05. The Morgan fingerprint density at radius 1 is 1.38 bits per heavy atom. The molecule has 0 bridgehead atoms. The van der Waals surface area contributed by atoms with E-state index < -0.39 is 0 Å². The predicted octanol–water partition coefficient (Wildman–Crippen LogP) is 1.07. The van der Waals surface area contributed by atoms with Crippen LogP contribution >= 0.6 is 0 Å². The topological polar surface area (TPSA) is 61.8 Å². The van der Waals surface area contributed by atoms with Crippen LogP contribution in [0.5, 0.6) is 0 Å². The summed E-state index contributed by atoms with van der Waals surface area (Å²) in [7, 11) is 0. The minimum Gasteiger partial charge on any atom is -0.388 e. The first-order valence-electron chi connectivity index (χ1n) is 4.14. The molecule has 0 radical (unpaired) electrons. The van der Waals surface area contributed by atoms with Crippen LogP contribution in [0.4, 0.5) is 0 Å². The van der Waals surface area contributed by atoms with Crippen LogP contribution in [0.15, 0.2) is 6.07 Å². The molecule has 4 nitrogen and oxygen atoms in total. The third kappa shape index (κ3) is 1.29. The molecule has 2 rings (SSSR count). The summed E-state index contributed by atoms with van der Waals surface area (Å²) in [6.07, 6.45) is 0. The van der Waals surface area contributed by atoms with Crippen LogP contribution in [0.1, 0.15) is 17.1 Å². The summed E-state index contributed by atoms with van der Waals surface area (Å²) in [5.41, 5.74) is 3.65. The number of H-pyrrole nitrogens is 1. The number of aromatic amines is 1. The van der Waals surface area contributed by atoms with E-state index in [1.165, 1.54) is 0 Å². The first kappa shape index (κ1) is 8.19. The zero-order valence-corrected chi connectivity index (χ0v) is 7.63. The summed E-state index contributed by atoms with van der Waals surface area (Å²) < 4.78 is 0. The van der Waals surface area contributed by atoms with Crippen LogP contribution in [-0.4, -0.2) is 20.1 Å². The first-order chi connectivity index (χ1) is 6.20. The van der Waals surface area contributed by atoms with Gasteiger partial charge < -0.3 is 10.1 Å². The molecule has 0 aliphatic carbocycles. The Labute approximate surface area is 75.7 Å². The Morgan fingerprint density at radius 3 is 2.85 bits per heavy atom. The van der Waals surface area contributed by atoms with E-state index in [0.29, 0.717) is 11.5 Å². The van der Waals surface area contributed by atoms with E-state index in [-0.39, 0.29) is 6.61 Å². The second kappa shape index (κ2) is 2.81. The van der Waals surface area contributed by atoms with Crippen molar-refractivity contribution >= 4 is 11.2 Å². The summed E-state index contributed by atoms with van der Waals surface area (Å²) in [6, 6.07) is 1.99. The van der Waals surface area contributed by atoms with Gasteiger partial charge in [0.1, 0.15) is 12.4 Å². The van der Waals surface area contributed by atoms with E-state index in [1.807, 2.05) is 19.9 Å². The van der Waals surface area contributed by atoms with E-state index in [9.17, 15) is 0 Å². The molecule has 0 spiro atoms. The molecule has 0 aliphatic rings. The molecule has 13 heavy (non-hydrogen) atoms. The van der Waals surface area contributed by atoms with Gasteiger partial charge in [-0.05, 0) is 25.5 Å². The molecule has 2 aromatic rings. The zero-order valence-electron chi connectivity index (χ0n) is 7.63. The second-order valence-corrected chi connectivity index (χ2v) is 3.12. The minimum atomic E-state index is -0.0746. The van der Waals surface area contributed by atoms with Crippen molar-refractivity contribution in [2.45, 2.75) is 20.5 Å². The van der Waals surface area contributed by atoms with Gasteiger partial charge in [0, 0.05) is 5.69 Å². The van der Waals surface area contributed by atoms with Gasteiger partial charge in [-0.25, -0.2) is 9.97 Å². The molecule has 4 heteroatoms. The number of aliphatic hydroxyl groups excluding tert-OH is 1. The normalized spacial score (nSPS) is 11.0. The van der Waals surface area contributed by atoms with E-state index in [0.717, 1.165) is 16.8 Å². The van der Waals surface area contributed by atoms with Crippen molar-refractivity contribution in [1.82, 2.24) is 15.0 Å². The smallest absolute Gasteiger partial charge is 0.178 e. The number of nitrogens with one attached hydrogen (secondary N) is 1. The number of nitrogens with zero attached hydrogens (tertiary/aromatic N) is 2. The molecular formula is C9H11N3O. The molecule has 0 saturated carbocycles. The third-order valence-electron chi connectivity index (χ3n) is 1.99. The van der Waals surface area contributed by atoms with Gasteiger partial charge in [-0.15, -0.1) is 0 Å². The van der Waals surface area contributed by atoms with Gasteiger partial charge in [-0.3, -0.25) is 0 Å². The molecule has 2 heterocycles. The van der Waals surface area contributed by atoms with Crippen LogP contribution < -0.4 is 0 Å². The fourth-order valence-corrected chi connectivity index (χ4v) is 1.43. The van der Waals surface area contributed by atoms with Gasteiger partial charge in [0.15, 0.2) is 5.65 Å². The van der Waals surface area contributed by atoms with E-state index in [4.69, 9.17) is 5.11 Å². The Hall–Kier alpha value is -1.42. The number of aliphatic hydroxyl groups is 1. The molecule has 0 atom stereocenters. The Bertz CT molecular complexity index is 447. The van der Waals surface area contributed by atoms with Crippen molar-refractivity contribution < 1.29 is 5.11 Å². The van der Waals surface area contributed by atoms with E-state index in [2.05, 4.69) is 15.0 Å². The number of rotatable bonds is 1. The van der Waals surface area contributed by atoms with Gasteiger partial charge in [-0.2, -0.15) is 0 Å². The molecule has 68 valence electrons. The second-order valence-electron chi connectivity index (χ2n) is 3.12. The number of hydrogen-bond donors (Lipinski definition) is 2. The summed E-state index contributed by atoms with van der Waals surface area (Å²) in [5, 5.41) is 8.88. The molecule has 0 saturated heterocycles. The first-order valence-corrected chi connectivity index (χ1v) is 4.14. The van der Waals surface area contributed by atoms with E-state index in [1.54, 1.807) is 0 Å². The fraction of sp³-hybridized carbons (Fsp3) is 0.333. The van der Waals surface area contributed by atoms with Crippen molar-refractivity contribution in [2.24, 2.45) is 0 Å². The molecule has 0 aliphatic heterocycles. The van der Waals surface area contributed by atoms with Crippen LogP contribution in [0, 0.1) is 13.8 Å². The summed E-state index contributed by atoms with van der Waals surface area (Å²) in [4.78, 5) is 11.4. The van der Waals surface area contributed by atoms with Crippen LogP contribution in [0.25, 0.3) is 11.2 Å². The molecule has 2 aromatic heterocycles. The lowest BCUT2D eigenvalue weighted by atomic mass is 10.2. The van der Waals surface area contributed by atoms with Crippen LogP contribution in [0.3, 0.4) is 0 Å². The monoisotopic (exact) mass is 177 g/mol. The third-order valence-corrected chi connectivity index (χ3v) is 1.99. The minimum absolute atomic E-state index is 0.0746. The lowest BCUT2D eigenvalue weighted by Crippen LogP contribution is -1.85. The van der Waals surface area contributed by atoms with Crippen molar-refractivity contribution in [3.05, 3.63) is 23.1 Å². The molecule has 0 unspecified atom stereocenters. The maximum atomic E-state index is 8.88. The highest BCUT2D eigenvalue weighted by Crippen LogP contribution is 2.14. The van der Waals surface area contributed by atoms with Crippen LogP contribution in [-0.2, 0) is 6.61 Å². The molecular weight excluding hydrogens is 166 g/mol. The Balaban J connectivity index is 2.75. The lowest BCUT2D eigenvalue weighted by Gasteiger charge is -1.95. The summed E-state index contributed by atoms with van der Waals surface area (Å²) in [6.45, 7) is 3.85. The standard InChI is InChI=1S/C9H11N3O/c1-5-3-6(2)10-9-8(5)11-7(4-13)12-9/h3,13H,4H2,1-2H3,(H,10,11,12). The maximum absolute atomic E-state index is 8.88. The van der Waals surface area contributed by atoms with Gasteiger partial charge in [-0.1, -0.05) is 0 Å². The predicted molar refractivity (Wildman–Crippen MR) is 49.3 cm³/mol. The van der Waals surface area contributed by atoms with Crippen LogP contribution in [0.2, 0.25) is 0 Å². The zero-order chi connectivity index (χ0) is 9.42. The quantitative estimate of drug-likeness (QED) is 0.684. The van der Waals surface area contributed by atoms with Gasteiger partial charge in [0.2, 0.25) is 0 Å². The Kier molecular flexibility index (Phi) is 1.77. The number of aromatic nitrogens is 3. The summed E-state index contributed by atoms with van der Waals surface area (Å²) in [5.74, 6) is 0.566. The lowest BCUT2D eigenvalue weighted by molar-refractivity contribution is 0.273. The number of imidazole rings is 1. The molecule has 0 aromatic carbocycles. The average molecular weight is 177 g/mol.